The Bertz CT molecular complexity index is 634. The summed E-state index contributed by atoms with van der Waals surface area (Å²) in [5.74, 6) is -0.727. The highest BCUT2D eigenvalue weighted by Gasteiger charge is 2.29. The van der Waals surface area contributed by atoms with Gasteiger partial charge in [0.2, 0.25) is 0 Å². The van der Waals surface area contributed by atoms with Gasteiger partial charge in [-0.3, -0.25) is 14.6 Å². The van der Waals surface area contributed by atoms with Gasteiger partial charge >= 0.3 is 12.1 Å². The van der Waals surface area contributed by atoms with Crippen LogP contribution in [0.2, 0.25) is 0 Å². The van der Waals surface area contributed by atoms with E-state index in [2.05, 4.69) is 10.3 Å². The van der Waals surface area contributed by atoms with Crippen molar-refractivity contribution in [1.82, 2.24) is 15.2 Å². The number of nitrogens with one attached hydrogen (secondary N) is 1. The summed E-state index contributed by atoms with van der Waals surface area (Å²) in [5, 5.41) is 2.57. The molecule has 0 radical (unpaired) electrons. The fourth-order valence-electron chi connectivity index (χ4n) is 2.76. The first-order valence-corrected chi connectivity index (χ1v) is 8.27. The van der Waals surface area contributed by atoms with Crippen LogP contribution < -0.4 is 5.32 Å². The van der Waals surface area contributed by atoms with Gasteiger partial charge in [-0.25, -0.2) is 4.79 Å². The van der Waals surface area contributed by atoms with Crippen molar-refractivity contribution in [3.05, 3.63) is 29.6 Å². The number of aromatic nitrogens is 1. The second-order valence-electron chi connectivity index (χ2n) is 5.72. The number of carbonyl (C=O) groups excluding carboxylic acids is 3. The smallest absolute Gasteiger partial charge is 0.407 e. The topological polar surface area (TPSA) is 97.8 Å². The molecule has 0 aromatic carbocycles. The highest BCUT2D eigenvalue weighted by atomic mass is 16.5. The van der Waals surface area contributed by atoms with E-state index in [0.717, 1.165) is 12.8 Å². The lowest BCUT2D eigenvalue weighted by molar-refractivity contribution is -0.146. The molecule has 1 aromatic heterocycles. The lowest BCUT2D eigenvalue weighted by Gasteiger charge is -2.31. The van der Waals surface area contributed by atoms with Crippen LogP contribution in [0.1, 0.15) is 35.8 Å². The highest BCUT2D eigenvalue weighted by Crippen LogP contribution is 2.19. The Morgan fingerprint density at radius 2 is 2.20 bits per heavy atom. The van der Waals surface area contributed by atoms with Gasteiger partial charge in [-0.05, 0) is 31.9 Å². The Hall–Kier alpha value is -2.64. The molecule has 1 saturated heterocycles. The maximum atomic E-state index is 12.7. The Kier molecular flexibility index (Phi) is 6.73. The van der Waals surface area contributed by atoms with Gasteiger partial charge in [0.1, 0.15) is 0 Å². The van der Waals surface area contributed by atoms with E-state index in [1.54, 1.807) is 24.0 Å². The average Bonchev–Trinajstić information content (AvgIpc) is 2.65. The Balaban J connectivity index is 2.00. The number of likely N-dealkylation sites (tertiary alicyclic amines) is 1. The minimum Gasteiger partial charge on any atom is -0.469 e. The zero-order chi connectivity index (χ0) is 18.2. The molecule has 2 heterocycles. The van der Waals surface area contributed by atoms with E-state index in [0.29, 0.717) is 24.3 Å². The molecule has 1 aromatic rings. The fourth-order valence-corrected chi connectivity index (χ4v) is 2.76. The third kappa shape index (κ3) is 5.17. The Morgan fingerprint density at radius 1 is 1.40 bits per heavy atom. The third-order valence-electron chi connectivity index (χ3n) is 4.00. The van der Waals surface area contributed by atoms with E-state index in [1.807, 2.05) is 0 Å². The monoisotopic (exact) mass is 349 g/mol. The predicted molar refractivity (Wildman–Crippen MR) is 88.7 cm³/mol. The molecule has 0 saturated carbocycles. The number of hydrogen-bond donors (Lipinski definition) is 1. The van der Waals surface area contributed by atoms with E-state index in [1.165, 1.54) is 13.3 Å². The number of ether oxygens (including phenoxy) is 2. The summed E-state index contributed by atoms with van der Waals surface area (Å²) >= 11 is 0. The van der Waals surface area contributed by atoms with Crippen LogP contribution in [-0.4, -0.2) is 54.7 Å². The standard InChI is InChI=1S/C17H23N3O5/c1-3-25-17(23)19-10-14-9-12(6-7-18-14)15(21)20-8-4-5-13(11-20)16(22)24-2/h6-7,9,13H,3-5,8,10-11H2,1-2H3,(H,19,23). The molecule has 1 atom stereocenters. The number of hydrogen-bond acceptors (Lipinski definition) is 6. The first-order chi connectivity index (χ1) is 12.0. The zero-order valence-electron chi connectivity index (χ0n) is 14.5. The molecule has 2 amide bonds. The molecule has 136 valence electrons. The minimum absolute atomic E-state index is 0.159. The van der Waals surface area contributed by atoms with Crippen molar-refractivity contribution in [3.8, 4) is 0 Å². The van der Waals surface area contributed by atoms with Gasteiger partial charge in [0.15, 0.2) is 0 Å². The molecule has 1 aliphatic heterocycles. The highest BCUT2D eigenvalue weighted by molar-refractivity contribution is 5.94. The summed E-state index contributed by atoms with van der Waals surface area (Å²) in [6.07, 6.45) is 2.48. The first-order valence-electron chi connectivity index (χ1n) is 8.27. The third-order valence-corrected chi connectivity index (χ3v) is 4.00. The lowest BCUT2D eigenvalue weighted by atomic mass is 9.97. The summed E-state index contributed by atoms with van der Waals surface area (Å²) in [6.45, 7) is 3.13. The number of methoxy groups -OCH3 is 1. The molecule has 1 unspecified atom stereocenters. The lowest BCUT2D eigenvalue weighted by Crippen LogP contribution is -2.42. The molecule has 1 fully saturated rings. The number of nitrogens with zero attached hydrogens (tertiary/aromatic N) is 2. The zero-order valence-corrected chi connectivity index (χ0v) is 14.5. The molecule has 1 aliphatic rings. The number of carbonyl (C=O) groups is 3. The Morgan fingerprint density at radius 3 is 2.92 bits per heavy atom. The molecule has 0 bridgehead atoms. The number of alkyl carbamates (subject to hydrolysis) is 1. The molecule has 8 heteroatoms. The van der Waals surface area contributed by atoms with Crippen LogP contribution in [-0.2, 0) is 20.8 Å². The van der Waals surface area contributed by atoms with E-state index in [-0.39, 0.29) is 30.9 Å². The van der Waals surface area contributed by atoms with Gasteiger partial charge in [0.05, 0.1) is 31.9 Å². The van der Waals surface area contributed by atoms with Crippen LogP contribution >= 0.6 is 0 Å². The van der Waals surface area contributed by atoms with Crippen LogP contribution in [0.15, 0.2) is 18.3 Å². The molecular weight excluding hydrogens is 326 g/mol. The molecule has 0 spiro atoms. The number of pyridine rings is 1. The summed E-state index contributed by atoms with van der Waals surface area (Å²) < 4.78 is 9.56. The number of esters is 1. The van der Waals surface area contributed by atoms with Crippen molar-refractivity contribution in [3.63, 3.8) is 0 Å². The van der Waals surface area contributed by atoms with Gasteiger partial charge in [-0.1, -0.05) is 0 Å². The number of rotatable bonds is 5. The Labute approximate surface area is 146 Å². The first kappa shape index (κ1) is 18.7. The van der Waals surface area contributed by atoms with Crippen LogP contribution in [0.5, 0.6) is 0 Å². The van der Waals surface area contributed by atoms with Crippen molar-refractivity contribution < 1.29 is 23.9 Å². The molecule has 2 rings (SSSR count). The molecule has 8 nitrogen and oxygen atoms in total. The van der Waals surface area contributed by atoms with Crippen LogP contribution in [0.4, 0.5) is 4.79 Å². The number of amides is 2. The molecule has 25 heavy (non-hydrogen) atoms. The molecule has 1 N–H and O–H groups in total. The summed E-state index contributed by atoms with van der Waals surface area (Å²) in [4.78, 5) is 41.5. The SMILES string of the molecule is CCOC(=O)NCc1cc(C(=O)N2CCCC(C(=O)OC)C2)ccn1. The molecular formula is C17H23N3O5. The normalized spacial score (nSPS) is 16.9. The van der Waals surface area contributed by atoms with Gasteiger partial charge in [0, 0.05) is 24.8 Å². The van der Waals surface area contributed by atoms with Gasteiger partial charge < -0.3 is 19.7 Å². The van der Waals surface area contributed by atoms with Crippen molar-refractivity contribution in [2.24, 2.45) is 5.92 Å². The summed E-state index contributed by atoms with van der Waals surface area (Å²) in [7, 11) is 1.36. The van der Waals surface area contributed by atoms with E-state index in [4.69, 9.17) is 9.47 Å². The second-order valence-corrected chi connectivity index (χ2v) is 5.72. The van der Waals surface area contributed by atoms with Crippen molar-refractivity contribution >= 4 is 18.0 Å². The summed E-state index contributed by atoms with van der Waals surface area (Å²) in [5.41, 5.74) is 1.03. The van der Waals surface area contributed by atoms with Crippen LogP contribution in [0.3, 0.4) is 0 Å². The van der Waals surface area contributed by atoms with Gasteiger partial charge in [-0.15, -0.1) is 0 Å². The largest absolute Gasteiger partial charge is 0.469 e. The van der Waals surface area contributed by atoms with Gasteiger partial charge in [0.25, 0.3) is 5.91 Å². The van der Waals surface area contributed by atoms with Gasteiger partial charge in [-0.2, -0.15) is 0 Å². The van der Waals surface area contributed by atoms with Crippen molar-refractivity contribution in [1.29, 1.82) is 0 Å². The van der Waals surface area contributed by atoms with Crippen LogP contribution in [0, 0.1) is 5.92 Å². The summed E-state index contributed by atoms with van der Waals surface area (Å²) in [6, 6.07) is 3.26. The van der Waals surface area contributed by atoms with Crippen LogP contribution in [0.25, 0.3) is 0 Å². The van der Waals surface area contributed by atoms with E-state index < -0.39 is 6.09 Å². The second kappa shape index (κ2) is 9.00. The van der Waals surface area contributed by atoms with E-state index in [9.17, 15) is 14.4 Å². The van der Waals surface area contributed by atoms with E-state index >= 15 is 0 Å². The molecule has 0 aliphatic carbocycles. The van der Waals surface area contributed by atoms with Crippen molar-refractivity contribution in [2.45, 2.75) is 26.3 Å². The van der Waals surface area contributed by atoms with Crippen molar-refractivity contribution in [2.75, 3.05) is 26.8 Å². The quantitative estimate of drug-likeness (QED) is 0.806. The fraction of sp³-hybridized carbons (Fsp3) is 0.529. The average molecular weight is 349 g/mol. The maximum absolute atomic E-state index is 12.7. The predicted octanol–water partition coefficient (Wildman–Crippen LogP) is 1.35. The minimum atomic E-state index is -0.530. The maximum Gasteiger partial charge on any atom is 0.407 e. The number of piperidine rings is 1.